The molecule has 4 nitrogen and oxygen atoms in total. The van der Waals surface area contributed by atoms with Crippen molar-refractivity contribution in [1.82, 2.24) is 0 Å². The highest BCUT2D eigenvalue weighted by Gasteiger charge is 2.05. The van der Waals surface area contributed by atoms with Crippen LogP contribution in [0.2, 0.25) is 0 Å². The summed E-state index contributed by atoms with van der Waals surface area (Å²) in [5.41, 5.74) is 6.12. The Morgan fingerprint density at radius 1 is 1.27 bits per heavy atom. The van der Waals surface area contributed by atoms with Crippen LogP contribution in [0.25, 0.3) is 0 Å². The van der Waals surface area contributed by atoms with E-state index in [1.807, 2.05) is 0 Å². The van der Waals surface area contributed by atoms with E-state index in [9.17, 15) is 9.59 Å². The summed E-state index contributed by atoms with van der Waals surface area (Å²) in [7, 11) is 0. The number of ketones is 2. The van der Waals surface area contributed by atoms with Crippen molar-refractivity contribution in [3.63, 3.8) is 0 Å². The molecule has 80 valence electrons. The van der Waals surface area contributed by atoms with Gasteiger partial charge in [-0.3, -0.25) is 9.59 Å². The summed E-state index contributed by atoms with van der Waals surface area (Å²) in [5.74, 6) is 0.196. The van der Waals surface area contributed by atoms with Crippen LogP contribution in [0.4, 0.5) is 5.69 Å². The van der Waals surface area contributed by atoms with Gasteiger partial charge >= 0.3 is 0 Å². The van der Waals surface area contributed by atoms with Gasteiger partial charge in [0.15, 0.2) is 5.78 Å². The molecule has 0 heterocycles. The molecule has 0 unspecified atom stereocenters. The number of benzene rings is 1. The molecule has 0 bridgehead atoms. The lowest BCUT2D eigenvalue weighted by atomic mass is 10.2. The predicted molar refractivity (Wildman–Crippen MR) is 56.7 cm³/mol. The van der Waals surface area contributed by atoms with E-state index in [-0.39, 0.29) is 24.6 Å². The summed E-state index contributed by atoms with van der Waals surface area (Å²) in [6.07, 6.45) is -0.0744. The molecule has 0 atom stereocenters. The molecular formula is C11H13NO3. The number of Topliss-reactive ketones (excluding diaryl/α,β-unsaturated/α-hetero) is 2. The number of anilines is 1. The van der Waals surface area contributed by atoms with Gasteiger partial charge in [-0.25, -0.2) is 0 Å². The van der Waals surface area contributed by atoms with E-state index in [1.54, 1.807) is 24.3 Å². The number of ether oxygens (including phenoxy) is 1. The molecule has 0 aliphatic heterocycles. The fourth-order valence-electron chi connectivity index (χ4n) is 1.06. The fourth-order valence-corrected chi connectivity index (χ4v) is 1.06. The third-order valence-electron chi connectivity index (χ3n) is 1.73. The van der Waals surface area contributed by atoms with Gasteiger partial charge < -0.3 is 10.5 Å². The molecular weight excluding hydrogens is 194 g/mol. The maximum absolute atomic E-state index is 11.1. The average Bonchev–Trinajstić information content (AvgIpc) is 2.16. The van der Waals surface area contributed by atoms with Gasteiger partial charge in [0.1, 0.15) is 18.1 Å². The van der Waals surface area contributed by atoms with E-state index >= 15 is 0 Å². The molecule has 0 saturated heterocycles. The SMILES string of the molecule is CC(=O)CC(=O)COc1ccc(N)cc1. The maximum Gasteiger partial charge on any atom is 0.177 e. The Hall–Kier alpha value is -1.84. The molecule has 0 radical (unpaired) electrons. The second-order valence-corrected chi connectivity index (χ2v) is 3.28. The van der Waals surface area contributed by atoms with E-state index in [1.165, 1.54) is 6.92 Å². The van der Waals surface area contributed by atoms with Crippen LogP contribution in [-0.2, 0) is 9.59 Å². The average molecular weight is 207 g/mol. The first-order valence-electron chi connectivity index (χ1n) is 4.57. The second-order valence-electron chi connectivity index (χ2n) is 3.28. The van der Waals surface area contributed by atoms with Gasteiger partial charge in [0.25, 0.3) is 0 Å². The molecule has 0 aliphatic carbocycles. The second kappa shape index (κ2) is 5.14. The molecule has 1 aromatic rings. The predicted octanol–water partition coefficient (Wildman–Crippen LogP) is 1.20. The van der Waals surface area contributed by atoms with Crippen molar-refractivity contribution in [2.75, 3.05) is 12.3 Å². The lowest BCUT2D eigenvalue weighted by molar-refractivity contribution is -0.127. The van der Waals surface area contributed by atoms with Crippen molar-refractivity contribution in [1.29, 1.82) is 0 Å². The van der Waals surface area contributed by atoms with Crippen molar-refractivity contribution in [2.24, 2.45) is 0 Å². The lowest BCUT2D eigenvalue weighted by Crippen LogP contribution is -2.14. The van der Waals surface area contributed by atoms with Gasteiger partial charge in [-0.15, -0.1) is 0 Å². The highest BCUT2D eigenvalue weighted by atomic mass is 16.5. The Balaban J connectivity index is 2.40. The van der Waals surface area contributed by atoms with Crippen molar-refractivity contribution in [3.8, 4) is 5.75 Å². The highest BCUT2D eigenvalue weighted by molar-refractivity contribution is 5.98. The number of carbonyl (C=O) groups is 2. The minimum absolute atomic E-state index is 0.0744. The quantitative estimate of drug-likeness (QED) is 0.581. The minimum Gasteiger partial charge on any atom is -0.486 e. The van der Waals surface area contributed by atoms with Crippen LogP contribution in [0.15, 0.2) is 24.3 Å². The number of nitrogen functional groups attached to an aromatic ring is 1. The smallest absolute Gasteiger partial charge is 0.177 e. The van der Waals surface area contributed by atoms with Crippen LogP contribution in [-0.4, -0.2) is 18.2 Å². The Labute approximate surface area is 88.0 Å². The van der Waals surface area contributed by atoms with Crippen LogP contribution < -0.4 is 10.5 Å². The number of rotatable bonds is 5. The molecule has 1 rings (SSSR count). The number of nitrogens with two attached hydrogens (primary N) is 1. The normalized spacial score (nSPS) is 9.67. The number of carbonyl (C=O) groups excluding carboxylic acids is 2. The first-order chi connectivity index (χ1) is 7.08. The standard InChI is InChI=1S/C11H13NO3/c1-8(13)6-10(14)7-15-11-4-2-9(12)3-5-11/h2-5H,6-7,12H2,1H3. The zero-order chi connectivity index (χ0) is 11.3. The first-order valence-corrected chi connectivity index (χ1v) is 4.57. The molecule has 0 amide bonds. The van der Waals surface area contributed by atoms with Crippen LogP contribution >= 0.6 is 0 Å². The van der Waals surface area contributed by atoms with Crippen LogP contribution in [0.1, 0.15) is 13.3 Å². The molecule has 0 fully saturated rings. The van der Waals surface area contributed by atoms with Crippen molar-refractivity contribution >= 4 is 17.3 Å². The summed E-state index contributed by atoms with van der Waals surface area (Å²) in [5, 5.41) is 0. The summed E-state index contributed by atoms with van der Waals surface area (Å²) < 4.78 is 5.17. The van der Waals surface area contributed by atoms with Crippen LogP contribution in [0.3, 0.4) is 0 Å². The molecule has 4 heteroatoms. The third-order valence-corrected chi connectivity index (χ3v) is 1.73. The maximum atomic E-state index is 11.1. The zero-order valence-electron chi connectivity index (χ0n) is 8.53. The minimum atomic E-state index is -0.223. The lowest BCUT2D eigenvalue weighted by Gasteiger charge is -2.04. The van der Waals surface area contributed by atoms with E-state index in [0.29, 0.717) is 11.4 Å². The third kappa shape index (κ3) is 4.26. The van der Waals surface area contributed by atoms with Gasteiger partial charge in [-0.2, -0.15) is 0 Å². The van der Waals surface area contributed by atoms with Gasteiger partial charge in [0.05, 0.1) is 6.42 Å². The van der Waals surface area contributed by atoms with Crippen molar-refractivity contribution in [2.45, 2.75) is 13.3 Å². The Morgan fingerprint density at radius 2 is 1.87 bits per heavy atom. The van der Waals surface area contributed by atoms with E-state index in [0.717, 1.165) is 0 Å². The Kier molecular flexibility index (Phi) is 3.85. The van der Waals surface area contributed by atoms with Crippen LogP contribution in [0.5, 0.6) is 5.75 Å². The van der Waals surface area contributed by atoms with E-state index in [4.69, 9.17) is 10.5 Å². The zero-order valence-corrected chi connectivity index (χ0v) is 8.53. The molecule has 1 aromatic carbocycles. The highest BCUT2D eigenvalue weighted by Crippen LogP contribution is 2.12. The van der Waals surface area contributed by atoms with Crippen molar-refractivity contribution in [3.05, 3.63) is 24.3 Å². The van der Waals surface area contributed by atoms with Gasteiger partial charge in [-0.1, -0.05) is 0 Å². The molecule has 0 aliphatic rings. The number of hydrogen-bond donors (Lipinski definition) is 1. The Bertz CT molecular complexity index is 357. The first kappa shape index (κ1) is 11.2. The summed E-state index contributed by atoms with van der Waals surface area (Å²) in [6.45, 7) is 1.30. The van der Waals surface area contributed by atoms with E-state index < -0.39 is 0 Å². The topological polar surface area (TPSA) is 69.4 Å². The molecule has 0 spiro atoms. The van der Waals surface area contributed by atoms with Crippen molar-refractivity contribution < 1.29 is 14.3 Å². The van der Waals surface area contributed by atoms with Gasteiger partial charge in [-0.05, 0) is 31.2 Å². The summed E-state index contributed by atoms with van der Waals surface area (Å²) >= 11 is 0. The monoisotopic (exact) mass is 207 g/mol. The number of hydrogen-bond acceptors (Lipinski definition) is 4. The molecule has 2 N–H and O–H groups in total. The Morgan fingerprint density at radius 3 is 2.40 bits per heavy atom. The molecule has 15 heavy (non-hydrogen) atoms. The van der Waals surface area contributed by atoms with Crippen LogP contribution in [0, 0.1) is 0 Å². The molecule has 0 aromatic heterocycles. The fraction of sp³-hybridized carbons (Fsp3) is 0.273. The summed E-state index contributed by atoms with van der Waals surface area (Å²) in [4.78, 5) is 21.7. The molecule has 0 saturated carbocycles. The van der Waals surface area contributed by atoms with Gasteiger partial charge in [0, 0.05) is 5.69 Å². The largest absolute Gasteiger partial charge is 0.486 e. The summed E-state index contributed by atoms with van der Waals surface area (Å²) in [6, 6.07) is 6.72. The van der Waals surface area contributed by atoms with E-state index in [2.05, 4.69) is 0 Å². The van der Waals surface area contributed by atoms with Gasteiger partial charge in [0.2, 0.25) is 0 Å².